The molecule has 0 aliphatic carbocycles. The van der Waals surface area contributed by atoms with Crippen molar-refractivity contribution in [1.29, 1.82) is 0 Å². The molecule has 0 rings (SSSR count). The fraction of sp³-hybridized carbons (Fsp3) is 1.00. The molecule has 34 heavy (non-hydrogen) atoms. The largest absolute Gasteiger partial charge is 0.379 e. The minimum Gasteiger partial charge on any atom is -0.379 e. The van der Waals surface area contributed by atoms with Crippen molar-refractivity contribution in [1.82, 2.24) is 5.32 Å². The Balaban J connectivity index is 3.12. The zero-order valence-electron chi connectivity index (χ0n) is 24.0. The lowest BCUT2D eigenvalue weighted by Crippen LogP contribution is -2.29. The number of aliphatic hydroxyl groups is 1. The number of nitrogens with one attached hydrogen (secondary N) is 1. The number of hydrogen-bond acceptors (Lipinski definition) is 2. The first-order valence-corrected chi connectivity index (χ1v) is 16.2. The van der Waals surface area contributed by atoms with Crippen molar-refractivity contribution in [3.05, 3.63) is 0 Å². The molecule has 2 heteroatoms. The van der Waals surface area contributed by atoms with Crippen LogP contribution in [0.4, 0.5) is 0 Å². The number of aliphatic hydroxyl groups excluding tert-OH is 1. The van der Waals surface area contributed by atoms with Gasteiger partial charge in [-0.05, 0) is 25.8 Å². The van der Waals surface area contributed by atoms with Crippen molar-refractivity contribution < 1.29 is 5.11 Å². The summed E-state index contributed by atoms with van der Waals surface area (Å²) in [6.45, 7) is 5.56. The van der Waals surface area contributed by atoms with Crippen molar-refractivity contribution in [2.75, 3.05) is 6.54 Å². The van der Waals surface area contributed by atoms with Gasteiger partial charge in [0.1, 0.15) is 6.23 Å². The predicted octanol–water partition coefficient (Wildman–Crippen LogP) is 10.9. The maximum atomic E-state index is 10.1. The van der Waals surface area contributed by atoms with Crippen LogP contribution in [0.3, 0.4) is 0 Å². The van der Waals surface area contributed by atoms with Crippen LogP contribution in [0, 0.1) is 0 Å². The van der Waals surface area contributed by atoms with Gasteiger partial charge in [-0.1, -0.05) is 174 Å². The summed E-state index contributed by atoms with van der Waals surface area (Å²) >= 11 is 0. The van der Waals surface area contributed by atoms with E-state index in [1.807, 2.05) is 0 Å². The molecule has 0 fully saturated rings. The van der Waals surface area contributed by atoms with Crippen LogP contribution < -0.4 is 5.32 Å². The smallest absolute Gasteiger partial charge is 0.104 e. The van der Waals surface area contributed by atoms with Crippen LogP contribution in [0.15, 0.2) is 0 Å². The van der Waals surface area contributed by atoms with Crippen LogP contribution in [-0.4, -0.2) is 17.9 Å². The third-order valence-electron chi connectivity index (χ3n) is 7.49. The molecule has 0 aliphatic rings. The number of unbranched alkanes of at least 4 members (excludes halogenated alkanes) is 25. The Bertz CT molecular complexity index is 346. The summed E-state index contributed by atoms with van der Waals surface area (Å²) in [5.74, 6) is 0. The van der Waals surface area contributed by atoms with Gasteiger partial charge in [-0.2, -0.15) is 0 Å². The van der Waals surface area contributed by atoms with Crippen molar-refractivity contribution in [2.45, 2.75) is 200 Å². The Morgan fingerprint density at radius 2 is 0.647 bits per heavy atom. The van der Waals surface area contributed by atoms with Gasteiger partial charge >= 0.3 is 0 Å². The van der Waals surface area contributed by atoms with Crippen LogP contribution in [0.25, 0.3) is 0 Å². The predicted molar refractivity (Wildman–Crippen MR) is 155 cm³/mol. The van der Waals surface area contributed by atoms with Gasteiger partial charge in [0.15, 0.2) is 0 Å². The monoisotopic (exact) mass is 482 g/mol. The molecule has 0 saturated heterocycles. The van der Waals surface area contributed by atoms with Gasteiger partial charge in [0.05, 0.1) is 0 Å². The van der Waals surface area contributed by atoms with E-state index in [4.69, 9.17) is 0 Å². The van der Waals surface area contributed by atoms with Crippen LogP contribution in [0.5, 0.6) is 0 Å². The highest BCUT2D eigenvalue weighted by Crippen LogP contribution is 2.15. The number of hydrogen-bond donors (Lipinski definition) is 2. The van der Waals surface area contributed by atoms with Crippen LogP contribution in [0.2, 0.25) is 0 Å². The minimum absolute atomic E-state index is 0.282. The SMILES string of the molecule is CCCCCCCCCCCCCCCCCCCC(O)NCCCCCCCCCCCC. The highest BCUT2D eigenvalue weighted by Gasteiger charge is 2.02. The molecular weight excluding hydrogens is 414 g/mol. The molecule has 1 unspecified atom stereocenters. The van der Waals surface area contributed by atoms with Crippen molar-refractivity contribution in [2.24, 2.45) is 0 Å². The van der Waals surface area contributed by atoms with E-state index in [0.717, 1.165) is 13.0 Å². The van der Waals surface area contributed by atoms with Gasteiger partial charge in [-0.25, -0.2) is 0 Å². The van der Waals surface area contributed by atoms with Gasteiger partial charge < -0.3 is 5.11 Å². The fourth-order valence-corrected chi connectivity index (χ4v) is 5.05. The van der Waals surface area contributed by atoms with Crippen molar-refractivity contribution in [3.63, 3.8) is 0 Å². The van der Waals surface area contributed by atoms with Gasteiger partial charge in [0.25, 0.3) is 0 Å². The first-order valence-electron chi connectivity index (χ1n) is 16.2. The summed E-state index contributed by atoms with van der Waals surface area (Å²) in [5, 5.41) is 13.4. The van der Waals surface area contributed by atoms with E-state index in [1.54, 1.807) is 0 Å². The van der Waals surface area contributed by atoms with E-state index >= 15 is 0 Å². The summed E-state index contributed by atoms with van der Waals surface area (Å²) in [7, 11) is 0. The molecule has 1 atom stereocenters. The second kappa shape index (κ2) is 31.0. The Hall–Kier alpha value is -0.0800. The molecule has 0 amide bonds. The summed E-state index contributed by atoms with van der Waals surface area (Å²) < 4.78 is 0. The molecule has 0 aromatic rings. The zero-order valence-corrected chi connectivity index (χ0v) is 24.0. The van der Waals surface area contributed by atoms with E-state index in [9.17, 15) is 5.11 Å². The third kappa shape index (κ3) is 30.0. The van der Waals surface area contributed by atoms with Crippen molar-refractivity contribution in [3.8, 4) is 0 Å². The van der Waals surface area contributed by atoms with Crippen LogP contribution >= 0.6 is 0 Å². The average Bonchev–Trinajstić information content (AvgIpc) is 2.84. The van der Waals surface area contributed by atoms with E-state index in [-0.39, 0.29) is 6.23 Å². The normalized spacial score (nSPS) is 12.4. The summed E-state index contributed by atoms with van der Waals surface area (Å²) in [6, 6.07) is 0. The first kappa shape index (κ1) is 33.9. The maximum Gasteiger partial charge on any atom is 0.104 e. The lowest BCUT2D eigenvalue weighted by atomic mass is 10.0. The van der Waals surface area contributed by atoms with Gasteiger partial charge in [-0.3, -0.25) is 5.32 Å². The van der Waals surface area contributed by atoms with Crippen LogP contribution in [-0.2, 0) is 0 Å². The van der Waals surface area contributed by atoms with Crippen LogP contribution in [0.1, 0.15) is 194 Å². The lowest BCUT2D eigenvalue weighted by Gasteiger charge is -2.12. The summed E-state index contributed by atoms with van der Waals surface area (Å²) in [4.78, 5) is 0. The fourth-order valence-electron chi connectivity index (χ4n) is 5.05. The molecule has 0 saturated carbocycles. The quantitative estimate of drug-likeness (QED) is 0.0789. The van der Waals surface area contributed by atoms with Gasteiger partial charge in [-0.15, -0.1) is 0 Å². The molecule has 0 radical (unpaired) electrons. The standard InChI is InChI=1S/C32H67NO/c1-3-5-7-9-11-13-15-16-17-18-19-20-21-22-24-26-28-30-32(34)33-31-29-27-25-23-14-12-10-8-6-4-2/h32-34H,3-31H2,1-2H3. The Morgan fingerprint density at radius 3 is 0.971 bits per heavy atom. The minimum atomic E-state index is -0.282. The van der Waals surface area contributed by atoms with E-state index < -0.39 is 0 Å². The molecule has 0 heterocycles. The van der Waals surface area contributed by atoms with Crippen molar-refractivity contribution >= 4 is 0 Å². The second-order valence-corrected chi connectivity index (χ2v) is 11.1. The van der Waals surface area contributed by atoms with E-state index in [1.165, 1.54) is 173 Å². The highest BCUT2D eigenvalue weighted by molar-refractivity contribution is 4.56. The molecule has 2 N–H and O–H groups in total. The molecule has 206 valence electrons. The molecule has 0 bridgehead atoms. The Labute approximate surface area is 216 Å². The van der Waals surface area contributed by atoms with E-state index in [0.29, 0.717) is 0 Å². The molecule has 2 nitrogen and oxygen atoms in total. The summed E-state index contributed by atoms with van der Waals surface area (Å²) in [6.07, 6.45) is 38.3. The highest BCUT2D eigenvalue weighted by atomic mass is 16.3. The molecule has 0 spiro atoms. The average molecular weight is 482 g/mol. The Kier molecular flexibility index (Phi) is 30.9. The summed E-state index contributed by atoms with van der Waals surface area (Å²) in [5.41, 5.74) is 0. The third-order valence-corrected chi connectivity index (χ3v) is 7.49. The van der Waals surface area contributed by atoms with Gasteiger partial charge in [0, 0.05) is 0 Å². The Morgan fingerprint density at radius 1 is 0.382 bits per heavy atom. The van der Waals surface area contributed by atoms with Gasteiger partial charge in [0.2, 0.25) is 0 Å². The zero-order chi connectivity index (χ0) is 24.8. The van der Waals surface area contributed by atoms with E-state index in [2.05, 4.69) is 19.2 Å². The molecule has 0 aromatic carbocycles. The number of rotatable bonds is 30. The topological polar surface area (TPSA) is 32.3 Å². The molecule has 0 aromatic heterocycles. The first-order chi connectivity index (χ1) is 16.8. The molecular formula is C32H67NO. The lowest BCUT2D eigenvalue weighted by molar-refractivity contribution is 0.124. The molecule has 0 aliphatic heterocycles. The second-order valence-electron chi connectivity index (χ2n) is 11.1. The maximum absolute atomic E-state index is 10.1.